The molecule has 0 aromatic rings. The van der Waals surface area contributed by atoms with E-state index in [4.69, 9.17) is 8.74 Å². The Morgan fingerprint density at radius 1 is 0.849 bits per heavy atom. The molecular formula is C40H75N4O7S2+. The van der Waals surface area contributed by atoms with E-state index in [2.05, 4.69) is 45.1 Å². The van der Waals surface area contributed by atoms with Crippen LogP contribution in [0.4, 0.5) is 0 Å². The Morgan fingerprint density at radius 2 is 1.53 bits per heavy atom. The van der Waals surface area contributed by atoms with E-state index < -0.39 is 20.2 Å². The summed E-state index contributed by atoms with van der Waals surface area (Å²) in [5.41, 5.74) is 1.04. The number of hydrogen-bond acceptors (Lipinski definition) is 8. The Morgan fingerprint density at radius 3 is 2.25 bits per heavy atom. The molecule has 1 saturated heterocycles. The van der Waals surface area contributed by atoms with Crippen molar-refractivity contribution < 1.29 is 34.8 Å². The number of carbonyl (C=O) groups excluding carboxylic acids is 1. The number of hydrogen-bond donors (Lipinski definition) is 2. The molecular weight excluding hydrogens is 713 g/mol. The fourth-order valence-corrected chi connectivity index (χ4v) is 13.7. The molecule has 0 aromatic carbocycles. The number of rotatable bonds is 19. The third kappa shape index (κ3) is 11.6. The zero-order chi connectivity index (χ0) is 38.5. The van der Waals surface area contributed by atoms with E-state index in [9.17, 15) is 21.6 Å². The molecule has 1 heterocycles. The largest absolute Gasteiger partial charge is 0.356 e. The number of piperazine rings is 1. The molecule has 1 amide bonds. The van der Waals surface area contributed by atoms with Crippen LogP contribution in [0.3, 0.4) is 0 Å². The molecule has 5 aliphatic rings. The second-order valence-corrected chi connectivity index (χ2v) is 22.5. The Labute approximate surface area is 323 Å². The molecule has 4 aliphatic carbocycles. The minimum Gasteiger partial charge on any atom is -0.356 e. The van der Waals surface area contributed by atoms with Gasteiger partial charge >= 0.3 is 0 Å². The highest BCUT2D eigenvalue weighted by molar-refractivity contribution is 7.86. The van der Waals surface area contributed by atoms with E-state index in [0.29, 0.717) is 86.4 Å². The number of nitrogens with zero attached hydrogens (tertiary/aromatic N) is 3. The van der Waals surface area contributed by atoms with E-state index >= 15 is 0 Å². The van der Waals surface area contributed by atoms with Crippen LogP contribution in [0.5, 0.6) is 0 Å². The quantitative estimate of drug-likeness (QED) is 0.0778. The average Bonchev–Trinajstić information content (AvgIpc) is 3.45. The van der Waals surface area contributed by atoms with Gasteiger partial charge in [-0.3, -0.25) is 23.3 Å². The first-order valence-electron chi connectivity index (χ1n) is 21.3. The van der Waals surface area contributed by atoms with Gasteiger partial charge in [0.25, 0.3) is 20.2 Å². The summed E-state index contributed by atoms with van der Waals surface area (Å²) >= 11 is 0. The molecule has 0 aromatic heterocycles. The topological polar surface area (TPSA) is 133 Å². The molecule has 308 valence electrons. The Hall–Kier alpha value is -0.830. The van der Waals surface area contributed by atoms with Gasteiger partial charge in [-0.2, -0.15) is 16.8 Å². The van der Waals surface area contributed by atoms with Crippen LogP contribution in [-0.2, 0) is 29.2 Å². The highest BCUT2D eigenvalue weighted by atomic mass is 32.2. The van der Waals surface area contributed by atoms with Crippen molar-refractivity contribution in [2.24, 2.45) is 46.3 Å². The SMILES string of the molecule is C[C@H](CCC(=O)NCCC[N+](C)(C)CCCS(=O)(=O)OCCN1CCN(CCS(=O)(=O)O)CC1)[C@H]1CCC2C3CCC4CCCC[C@]4(C)C3CC[C@@]21C. The fraction of sp³-hybridized carbons (Fsp3) is 0.975. The third-order valence-corrected chi connectivity index (χ3v) is 17.4. The maximum atomic E-state index is 12.9. The van der Waals surface area contributed by atoms with Crippen LogP contribution in [0.15, 0.2) is 0 Å². The van der Waals surface area contributed by atoms with Crippen LogP contribution in [-0.4, -0.2) is 133 Å². The van der Waals surface area contributed by atoms with Crippen molar-refractivity contribution >= 4 is 26.1 Å². The van der Waals surface area contributed by atoms with Crippen LogP contribution in [0.2, 0.25) is 0 Å². The molecule has 0 spiro atoms. The van der Waals surface area contributed by atoms with Gasteiger partial charge in [0.2, 0.25) is 5.91 Å². The lowest BCUT2D eigenvalue weighted by atomic mass is 9.44. The van der Waals surface area contributed by atoms with Gasteiger partial charge in [-0.05, 0) is 104 Å². The molecule has 11 nitrogen and oxygen atoms in total. The summed E-state index contributed by atoms with van der Waals surface area (Å²) < 4.78 is 61.9. The van der Waals surface area contributed by atoms with Gasteiger partial charge in [0.1, 0.15) is 0 Å². The van der Waals surface area contributed by atoms with Gasteiger partial charge < -0.3 is 9.80 Å². The molecule has 5 fully saturated rings. The van der Waals surface area contributed by atoms with Crippen LogP contribution in [0.1, 0.15) is 111 Å². The van der Waals surface area contributed by atoms with Crippen molar-refractivity contribution in [3.63, 3.8) is 0 Å². The van der Waals surface area contributed by atoms with Gasteiger partial charge in [-0.1, -0.05) is 33.6 Å². The Bertz CT molecular complexity index is 1420. The first kappa shape index (κ1) is 43.3. The number of nitrogens with one attached hydrogen (secondary N) is 1. The lowest BCUT2D eigenvalue weighted by Crippen LogP contribution is -2.53. The minimum atomic E-state index is -3.97. The first-order chi connectivity index (χ1) is 24.9. The summed E-state index contributed by atoms with van der Waals surface area (Å²) in [7, 11) is -3.37. The smallest absolute Gasteiger partial charge is 0.267 e. The predicted octanol–water partition coefficient (Wildman–Crippen LogP) is 5.28. The molecule has 2 N–H and O–H groups in total. The van der Waals surface area contributed by atoms with Crippen LogP contribution in [0.25, 0.3) is 0 Å². The predicted molar refractivity (Wildman–Crippen MR) is 211 cm³/mol. The Balaban J connectivity index is 0.921. The molecule has 0 radical (unpaired) electrons. The van der Waals surface area contributed by atoms with E-state index in [-0.39, 0.29) is 24.0 Å². The van der Waals surface area contributed by atoms with E-state index in [1.807, 2.05) is 4.90 Å². The lowest BCUT2D eigenvalue weighted by molar-refractivity contribution is -0.890. The van der Waals surface area contributed by atoms with Crippen molar-refractivity contribution in [1.29, 1.82) is 0 Å². The first-order valence-corrected chi connectivity index (χ1v) is 24.5. The molecule has 0 bridgehead atoms. The van der Waals surface area contributed by atoms with E-state index in [1.165, 1.54) is 64.2 Å². The molecule has 1 aliphatic heterocycles. The highest BCUT2D eigenvalue weighted by Crippen LogP contribution is 2.68. The van der Waals surface area contributed by atoms with Crippen LogP contribution in [0, 0.1) is 46.3 Å². The highest BCUT2D eigenvalue weighted by Gasteiger charge is 2.60. The molecule has 53 heavy (non-hydrogen) atoms. The van der Waals surface area contributed by atoms with Gasteiger partial charge in [0, 0.05) is 65.1 Å². The van der Waals surface area contributed by atoms with Crippen LogP contribution >= 0.6 is 0 Å². The lowest BCUT2D eigenvalue weighted by Gasteiger charge is -2.61. The van der Waals surface area contributed by atoms with Gasteiger partial charge in [0.05, 0.1) is 45.3 Å². The summed E-state index contributed by atoms with van der Waals surface area (Å²) in [4.78, 5) is 17.0. The summed E-state index contributed by atoms with van der Waals surface area (Å²) in [6, 6.07) is 0. The summed E-state index contributed by atoms with van der Waals surface area (Å²) in [6.45, 7) is 13.6. The molecule has 13 heteroatoms. The van der Waals surface area contributed by atoms with Crippen LogP contribution < -0.4 is 5.32 Å². The number of quaternary nitrogens is 1. The third-order valence-electron chi connectivity index (χ3n) is 15.4. The summed E-state index contributed by atoms with van der Waals surface area (Å²) in [6.07, 6.45) is 17.3. The number of amides is 1. The zero-order valence-electron chi connectivity index (χ0n) is 33.9. The second kappa shape index (κ2) is 18.2. The normalized spacial score (nSPS) is 33.5. The number of carbonyl (C=O) groups is 1. The summed E-state index contributed by atoms with van der Waals surface area (Å²) in [5.74, 6) is 4.90. The molecule has 5 rings (SSSR count). The fourth-order valence-electron chi connectivity index (χ4n) is 12.3. The molecule has 4 saturated carbocycles. The zero-order valence-corrected chi connectivity index (χ0v) is 35.5. The van der Waals surface area contributed by atoms with Crippen molar-refractivity contribution in [2.75, 3.05) is 91.1 Å². The number of fused-ring (bicyclic) bond motifs is 5. The average molecular weight is 788 g/mol. The maximum Gasteiger partial charge on any atom is 0.267 e. The van der Waals surface area contributed by atoms with Crippen molar-refractivity contribution in [3.05, 3.63) is 0 Å². The van der Waals surface area contributed by atoms with Gasteiger partial charge in [-0.15, -0.1) is 0 Å². The molecule has 8 atom stereocenters. The Kier molecular flexibility index (Phi) is 14.9. The van der Waals surface area contributed by atoms with Crippen molar-refractivity contribution in [2.45, 2.75) is 111 Å². The summed E-state index contributed by atoms with van der Waals surface area (Å²) in [5, 5.41) is 3.17. The standard InChI is InChI=1S/C40H74N4O7S2/c1-32(35-14-15-36-34-13-12-33-10-6-7-18-39(33,2)37(34)17-19-40(35,36)3)11-16-38(45)41-20-8-27-44(4,5)28-9-30-53(49,50)51-29-25-42-21-23-43(24-22-42)26-31-52(46,47)48/h32-37H,6-31H2,1-5H3,(H-,41,45,46,47,48)/p+1/t32-,33?,34?,35-,36?,37?,39+,40-/m1/s1. The maximum absolute atomic E-state index is 12.9. The van der Waals surface area contributed by atoms with Crippen molar-refractivity contribution in [3.8, 4) is 0 Å². The van der Waals surface area contributed by atoms with E-state index in [0.717, 1.165) is 49.0 Å². The van der Waals surface area contributed by atoms with Crippen molar-refractivity contribution in [1.82, 2.24) is 15.1 Å². The molecule has 4 unspecified atom stereocenters. The van der Waals surface area contributed by atoms with Gasteiger partial charge in [-0.25, -0.2) is 0 Å². The van der Waals surface area contributed by atoms with E-state index in [1.54, 1.807) is 0 Å². The minimum absolute atomic E-state index is 0.0190. The van der Waals surface area contributed by atoms with Gasteiger partial charge in [0.15, 0.2) is 0 Å². The monoisotopic (exact) mass is 788 g/mol. The second-order valence-electron chi connectivity index (χ2n) is 19.1.